The minimum Gasteiger partial charge on any atom is -0.476 e. The van der Waals surface area contributed by atoms with E-state index in [9.17, 15) is 9.90 Å². The van der Waals surface area contributed by atoms with E-state index in [0.29, 0.717) is 17.9 Å². The SMILES string of the molecule is O=C(O)c1nnn(CC2CCCO2)c1-c1ccccn1. The Bertz CT molecular complexity index is 605. The van der Waals surface area contributed by atoms with Crippen LogP contribution in [-0.4, -0.2) is 43.8 Å². The molecule has 7 heteroatoms. The minimum absolute atomic E-state index is 0.0563. The van der Waals surface area contributed by atoms with E-state index in [4.69, 9.17) is 4.74 Å². The van der Waals surface area contributed by atoms with Crippen LogP contribution in [0.2, 0.25) is 0 Å². The third-order valence-electron chi connectivity index (χ3n) is 3.25. The molecule has 1 atom stereocenters. The molecule has 1 N–H and O–H groups in total. The van der Waals surface area contributed by atoms with Crippen LogP contribution in [0.5, 0.6) is 0 Å². The first-order valence-electron chi connectivity index (χ1n) is 6.45. The molecule has 0 saturated carbocycles. The molecule has 20 heavy (non-hydrogen) atoms. The van der Waals surface area contributed by atoms with Crippen LogP contribution in [-0.2, 0) is 11.3 Å². The zero-order valence-corrected chi connectivity index (χ0v) is 10.8. The maximum absolute atomic E-state index is 11.3. The smallest absolute Gasteiger partial charge is 0.358 e. The summed E-state index contributed by atoms with van der Waals surface area (Å²) in [6.07, 6.45) is 3.64. The van der Waals surface area contributed by atoms with Crippen molar-refractivity contribution in [1.29, 1.82) is 0 Å². The Morgan fingerprint density at radius 1 is 1.50 bits per heavy atom. The van der Waals surface area contributed by atoms with Crippen LogP contribution in [0.25, 0.3) is 11.4 Å². The molecule has 0 spiro atoms. The van der Waals surface area contributed by atoms with Gasteiger partial charge in [0.05, 0.1) is 18.3 Å². The summed E-state index contributed by atoms with van der Waals surface area (Å²) in [5, 5.41) is 16.9. The molecule has 0 amide bonds. The number of pyridine rings is 1. The van der Waals surface area contributed by atoms with Crippen LogP contribution in [0.3, 0.4) is 0 Å². The van der Waals surface area contributed by atoms with E-state index in [2.05, 4.69) is 15.3 Å². The van der Waals surface area contributed by atoms with E-state index in [1.54, 1.807) is 29.1 Å². The fraction of sp³-hybridized carbons (Fsp3) is 0.385. The highest BCUT2D eigenvalue weighted by atomic mass is 16.5. The van der Waals surface area contributed by atoms with E-state index < -0.39 is 5.97 Å². The molecule has 104 valence electrons. The number of nitrogens with zero attached hydrogens (tertiary/aromatic N) is 4. The first kappa shape index (κ1) is 12.7. The lowest BCUT2D eigenvalue weighted by molar-refractivity contribution is 0.0691. The normalized spacial score (nSPS) is 18.3. The molecule has 0 aromatic carbocycles. The second-order valence-electron chi connectivity index (χ2n) is 4.62. The second-order valence-corrected chi connectivity index (χ2v) is 4.62. The van der Waals surface area contributed by atoms with E-state index in [-0.39, 0.29) is 11.8 Å². The molecule has 1 aliphatic rings. The number of aromatic nitrogens is 4. The fourth-order valence-corrected chi connectivity index (χ4v) is 2.32. The monoisotopic (exact) mass is 274 g/mol. The topological polar surface area (TPSA) is 90.1 Å². The fourth-order valence-electron chi connectivity index (χ4n) is 2.32. The molecule has 0 aliphatic carbocycles. The number of carboxylic acids is 1. The van der Waals surface area contributed by atoms with Gasteiger partial charge in [0.25, 0.3) is 0 Å². The predicted molar refractivity (Wildman–Crippen MR) is 69.2 cm³/mol. The molecule has 1 saturated heterocycles. The standard InChI is InChI=1S/C13H14N4O3/c18-13(19)11-12(10-5-1-2-6-14-10)17(16-15-11)8-9-4-3-7-20-9/h1-2,5-6,9H,3-4,7-8H2,(H,18,19). The summed E-state index contributed by atoms with van der Waals surface area (Å²) in [5.74, 6) is -1.11. The molecular weight excluding hydrogens is 260 g/mol. The molecule has 2 aromatic heterocycles. The van der Waals surface area contributed by atoms with Gasteiger partial charge in [-0.05, 0) is 25.0 Å². The van der Waals surface area contributed by atoms with Crippen LogP contribution < -0.4 is 0 Å². The summed E-state index contributed by atoms with van der Waals surface area (Å²) >= 11 is 0. The van der Waals surface area contributed by atoms with E-state index >= 15 is 0 Å². The van der Waals surface area contributed by atoms with Crippen LogP contribution in [0, 0.1) is 0 Å². The third kappa shape index (κ3) is 2.39. The van der Waals surface area contributed by atoms with Crippen molar-refractivity contribution in [3.63, 3.8) is 0 Å². The van der Waals surface area contributed by atoms with Crippen LogP contribution in [0.4, 0.5) is 0 Å². The van der Waals surface area contributed by atoms with Gasteiger partial charge in [-0.3, -0.25) is 4.98 Å². The number of carboxylic acid groups (broad SMARTS) is 1. The number of aromatic carboxylic acids is 1. The van der Waals surface area contributed by atoms with Crippen LogP contribution in [0.15, 0.2) is 24.4 Å². The highest BCUT2D eigenvalue weighted by molar-refractivity contribution is 5.92. The molecule has 0 bridgehead atoms. The van der Waals surface area contributed by atoms with Crippen molar-refractivity contribution in [3.05, 3.63) is 30.1 Å². The van der Waals surface area contributed by atoms with Crippen LogP contribution >= 0.6 is 0 Å². The lowest BCUT2D eigenvalue weighted by atomic mass is 10.2. The van der Waals surface area contributed by atoms with E-state index in [1.165, 1.54) is 0 Å². The highest BCUT2D eigenvalue weighted by Crippen LogP contribution is 2.22. The van der Waals surface area contributed by atoms with Crippen molar-refractivity contribution in [2.45, 2.75) is 25.5 Å². The minimum atomic E-state index is -1.11. The number of carbonyl (C=O) groups is 1. The van der Waals surface area contributed by atoms with Crippen molar-refractivity contribution in [2.75, 3.05) is 6.61 Å². The van der Waals surface area contributed by atoms with Crippen LogP contribution in [0.1, 0.15) is 23.3 Å². The molecule has 0 radical (unpaired) electrons. The largest absolute Gasteiger partial charge is 0.476 e. The summed E-state index contributed by atoms with van der Waals surface area (Å²) in [5.41, 5.74) is 0.892. The first-order valence-corrected chi connectivity index (χ1v) is 6.45. The predicted octanol–water partition coefficient (Wildman–Crippen LogP) is 1.22. The number of hydrogen-bond acceptors (Lipinski definition) is 5. The Hall–Kier alpha value is -2.28. The third-order valence-corrected chi connectivity index (χ3v) is 3.25. The Labute approximate surface area is 115 Å². The van der Waals surface area contributed by atoms with Gasteiger partial charge in [-0.1, -0.05) is 11.3 Å². The average molecular weight is 274 g/mol. The summed E-state index contributed by atoms with van der Waals surface area (Å²) in [6.45, 7) is 1.23. The maximum Gasteiger partial charge on any atom is 0.358 e. The summed E-state index contributed by atoms with van der Waals surface area (Å²) in [4.78, 5) is 15.5. The molecule has 3 rings (SSSR count). The van der Waals surface area contributed by atoms with Gasteiger partial charge in [-0.25, -0.2) is 9.48 Å². The zero-order valence-electron chi connectivity index (χ0n) is 10.8. The van der Waals surface area contributed by atoms with Gasteiger partial charge >= 0.3 is 5.97 Å². The highest BCUT2D eigenvalue weighted by Gasteiger charge is 2.24. The molecule has 3 heterocycles. The van der Waals surface area contributed by atoms with Gasteiger partial charge in [0.2, 0.25) is 0 Å². The van der Waals surface area contributed by atoms with Gasteiger partial charge < -0.3 is 9.84 Å². The van der Waals surface area contributed by atoms with Gasteiger partial charge in [0.1, 0.15) is 5.69 Å². The van der Waals surface area contributed by atoms with Gasteiger partial charge in [-0.15, -0.1) is 5.10 Å². The molecule has 7 nitrogen and oxygen atoms in total. The van der Waals surface area contributed by atoms with Gasteiger partial charge in [0, 0.05) is 12.8 Å². The summed E-state index contributed by atoms with van der Waals surface area (Å²) in [7, 11) is 0. The molecule has 2 aromatic rings. The second kappa shape index (κ2) is 5.38. The average Bonchev–Trinajstić information content (AvgIpc) is 3.09. The number of hydrogen-bond donors (Lipinski definition) is 1. The number of rotatable bonds is 4. The Morgan fingerprint density at radius 2 is 2.40 bits per heavy atom. The van der Waals surface area contributed by atoms with Crippen molar-refractivity contribution in [2.24, 2.45) is 0 Å². The van der Waals surface area contributed by atoms with Gasteiger partial charge in [0.15, 0.2) is 5.69 Å². The van der Waals surface area contributed by atoms with Gasteiger partial charge in [-0.2, -0.15) is 0 Å². The molecular formula is C13H14N4O3. The Balaban J connectivity index is 1.99. The van der Waals surface area contributed by atoms with E-state index in [0.717, 1.165) is 19.4 Å². The molecule has 1 unspecified atom stereocenters. The first-order chi connectivity index (χ1) is 9.75. The van der Waals surface area contributed by atoms with Crippen molar-refractivity contribution >= 4 is 5.97 Å². The quantitative estimate of drug-likeness (QED) is 0.901. The Kier molecular flexibility index (Phi) is 3.42. The maximum atomic E-state index is 11.3. The zero-order chi connectivity index (χ0) is 13.9. The van der Waals surface area contributed by atoms with Crippen molar-refractivity contribution < 1.29 is 14.6 Å². The summed E-state index contributed by atoms with van der Waals surface area (Å²) in [6, 6.07) is 5.33. The molecule has 1 fully saturated rings. The molecule has 1 aliphatic heterocycles. The Morgan fingerprint density at radius 3 is 3.05 bits per heavy atom. The van der Waals surface area contributed by atoms with Crippen molar-refractivity contribution in [1.82, 2.24) is 20.0 Å². The number of ether oxygens (including phenoxy) is 1. The summed E-state index contributed by atoms with van der Waals surface area (Å²) < 4.78 is 7.13. The van der Waals surface area contributed by atoms with Crippen molar-refractivity contribution in [3.8, 4) is 11.4 Å². The lowest BCUT2D eigenvalue weighted by Gasteiger charge is -2.11. The lowest BCUT2D eigenvalue weighted by Crippen LogP contribution is -2.17. The van der Waals surface area contributed by atoms with E-state index in [1.807, 2.05) is 0 Å².